The van der Waals surface area contributed by atoms with E-state index in [0.717, 1.165) is 23.4 Å². The van der Waals surface area contributed by atoms with Crippen molar-refractivity contribution < 1.29 is 19.1 Å². The number of para-hydroxylation sites is 1. The molecule has 0 saturated carbocycles. The van der Waals surface area contributed by atoms with Crippen molar-refractivity contribution in [2.24, 2.45) is 5.41 Å². The lowest BCUT2D eigenvalue weighted by Crippen LogP contribution is -2.38. The summed E-state index contributed by atoms with van der Waals surface area (Å²) in [5.74, 6) is -0.208. The number of carbonyl (C=O) groups is 2. The van der Waals surface area contributed by atoms with Crippen molar-refractivity contribution in [2.45, 2.75) is 39.5 Å². The van der Waals surface area contributed by atoms with Crippen molar-refractivity contribution in [3.8, 4) is 5.75 Å². The van der Waals surface area contributed by atoms with Gasteiger partial charge >= 0.3 is 5.97 Å². The molecule has 1 unspecified atom stereocenters. The van der Waals surface area contributed by atoms with Crippen LogP contribution in [0.1, 0.15) is 45.1 Å². The van der Waals surface area contributed by atoms with Gasteiger partial charge in [0.2, 0.25) is 0 Å². The van der Waals surface area contributed by atoms with Crippen molar-refractivity contribution >= 4 is 11.8 Å². The molecule has 0 bridgehead atoms. The third-order valence-electron chi connectivity index (χ3n) is 5.09. The van der Waals surface area contributed by atoms with Crippen LogP contribution in [0.4, 0.5) is 0 Å². The fourth-order valence-electron chi connectivity index (χ4n) is 4.03. The molecule has 1 aromatic rings. The number of Topliss-reactive ketones (excluding diaryl/α,β-unsaturated/α-hetero) is 1. The minimum absolute atomic E-state index is 0.0635. The summed E-state index contributed by atoms with van der Waals surface area (Å²) >= 11 is 0. The van der Waals surface area contributed by atoms with Gasteiger partial charge in [0.05, 0.1) is 25.7 Å². The number of rotatable bonds is 3. The van der Waals surface area contributed by atoms with Crippen LogP contribution < -0.4 is 10.1 Å². The van der Waals surface area contributed by atoms with Gasteiger partial charge in [-0.15, -0.1) is 0 Å². The molecule has 1 atom stereocenters. The van der Waals surface area contributed by atoms with Crippen LogP contribution >= 0.6 is 0 Å². The topological polar surface area (TPSA) is 64.6 Å². The molecule has 1 N–H and O–H groups in total. The van der Waals surface area contributed by atoms with Gasteiger partial charge in [-0.1, -0.05) is 32.0 Å². The van der Waals surface area contributed by atoms with Crippen LogP contribution in [0, 0.1) is 5.41 Å². The van der Waals surface area contributed by atoms with E-state index in [2.05, 4.69) is 19.2 Å². The Balaban J connectivity index is 2.25. The molecule has 0 saturated heterocycles. The lowest BCUT2D eigenvalue weighted by Gasteiger charge is -2.39. The highest BCUT2D eigenvalue weighted by atomic mass is 16.5. The largest absolute Gasteiger partial charge is 0.496 e. The first-order valence-corrected chi connectivity index (χ1v) is 8.74. The van der Waals surface area contributed by atoms with Gasteiger partial charge in [0.15, 0.2) is 5.78 Å². The van der Waals surface area contributed by atoms with E-state index in [9.17, 15) is 9.59 Å². The predicted molar refractivity (Wildman–Crippen MR) is 98.6 cm³/mol. The number of allylic oxidation sites excluding steroid dienone is 3. The highest BCUT2D eigenvalue weighted by Crippen LogP contribution is 2.48. The van der Waals surface area contributed by atoms with E-state index in [1.165, 1.54) is 7.11 Å². The molecule has 1 heterocycles. The SMILES string of the molecule is COC(=O)C1=C(C)NC2=C(C(=O)CC(C)(C)C2)C1c1ccccc1OC. The van der Waals surface area contributed by atoms with Crippen LogP contribution in [0.2, 0.25) is 0 Å². The second-order valence-corrected chi connectivity index (χ2v) is 7.66. The van der Waals surface area contributed by atoms with E-state index in [-0.39, 0.29) is 11.2 Å². The molecule has 0 radical (unpaired) electrons. The van der Waals surface area contributed by atoms with Gasteiger partial charge in [-0.2, -0.15) is 0 Å². The molecule has 2 aliphatic rings. The maximum absolute atomic E-state index is 13.1. The normalized spacial score (nSPS) is 21.9. The van der Waals surface area contributed by atoms with Crippen LogP contribution in [-0.4, -0.2) is 26.0 Å². The average molecular weight is 355 g/mol. The lowest BCUT2D eigenvalue weighted by atomic mass is 9.68. The molecule has 1 aromatic carbocycles. The number of methoxy groups -OCH3 is 2. The zero-order valence-electron chi connectivity index (χ0n) is 15.9. The molecule has 138 valence electrons. The first-order valence-electron chi connectivity index (χ1n) is 8.74. The van der Waals surface area contributed by atoms with Crippen molar-refractivity contribution in [3.05, 3.63) is 52.4 Å². The lowest BCUT2D eigenvalue weighted by molar-refractivity contribution is -0.136. The monoisotopic (exact) mass is 355 g/mol. The Morgan fingerprint density at radius 2 is 1.88 bits per heavy atom. The Morgan fingerprint density at radius 1 is 1.19 bits per heavy atom. The summed E-state index contributed by atoms with van der Waals surface area (Å²) in [5.41, 5.74) is 3.42. The second kappa shape index (κ2) is 6.63. The minimum Gasteiger partial charge on any atom is -0.496 e. The van der Waals surface area contributed by atoms with Crippen LogP contribution in [0.5, 0.6) is 5.75 Å². The van der Waals surface area contributed by atoms with Gasteiger partial charge in [-0.05, 0) is 24.8 Å². The van der Waals surface area contributed by atoms with Crippen LogP contribution in [0.3, 0.4) is 0 Å². The van der Waals surface area contributed by atoms with Gasteiger partial charge in [-0.3, -0.25) is 4.79 Å². The number of ketones is 1. The molecule has 0 spiro atoms. The highest BCUT2D eigenvalue weighted by molar-refractivity contribution is 6.04. The molecule has 26 heavy (non-hydrogen) atoms. The quantitative estimate of drug-likeness (QED) is 0.841. The molecule has 1 aliphatic heterocycles. The first kappa shape index (κ1) is 18.2. The molecule has 0 amide bonds. The molecule has 5 nitrogen and oxygen atoms in total. The summed E-state index contributed by atoms with van der Waals surface area (Å²) in [7, 11) is 2.95. The highest BCUT2D eigenvalue weighted by Gasteiger charge is 2.43. The number of benzene rings is 1. The summed E-state index contributed by atoms with van der Waals surface area (Å²) in [4.78, 5) is 25.7. The van der Waals surface area contributed by atoms with Crippen LogP contribution in [-0.2, 0) is 14.3 Å². The van der Waals surface area contributed by atoms with Crippen molar-refractivity contribution in [2.75, 3.05) is 14.2 Å². The van der Waals surface area contributed by atoms with Crippen molar-refractivity contribution in [1.82, 2.24) is 5.32 Å². The number of esters is 1. The Labute approximate surface area is 154 Å². The van der Waals surface area contributed by atoms with E-state index in [1.54, 1.807) is 7.11 Å². The van der Waals surface area contributed by atoms with Gasteiger partial charge in [0.1, 0.15) is 5.75 Å². The Kier molecular flexibility index (Phi) is 4.65. The summed E-state index contributed by atoms with van der Waals surface area (Å²) < 4.78 is 10.6. The van der Waals surface area contributed by atoms with Gasteiger partial charge in [-0.25, -0.2) is 4.79 Å². The summed E-state index contributed by atoms with van der Waals surface area (Å²) in [5, 5.41) is 3.30. The molecular formula is C21H25NO4. The maximum atomic E-state index is 13.1. The molecule has 1 aliphatic carbocycles. The van der Waals surface area contributed by atoms with Crippen molar-refractivity contribution in [3.63, 3.8) is 0 Å². The smallest absolute Gasteiger partial charge is 0.336 e. The van der Waals surface area contributed by atoms with E-state index < -0.39 is 11.9 Å². The Bertz CT molecular complexity index is 832. The number of ether oxygens (including phenoxy) is 2. The third-order valence-corrected chi connectivity index (χ3v) is 5.09. The number of dihydropyridines is 1. The van der Waals surface area contributed by atoms with Gasteiger partial charge in [0.25, 0.3) is 0 Å². The zero-order chi connectivity index (χ0) is 19.1. The summed E-state index contributed by atoms with van der Waals surface area (Å²) in [6.45, 7) is 6.03. The summed E-state index contributed by atoms with van der Waals surface area (Å²) in [6, 6.07) is 7.52. The van der Waals surface area contributed by atoms with Crippen LogP contribution in [0.25, 0.3) is 0 Å². The second-order valence-electron chi connectivity index (χ2n) is 7.66. The van der Waals surface area contributed by atoms with Crippen LogP contribution in [0.15, 0.2) is 46.8 Å². The van der Waals surface area contributed by atoms with E-state index in [0.29, 0.717) is 23.3 Å². The van der Waals surface area contributed by atoms with E-state index in [4.69, 9.17) is 9.47 Å². The van der Waals surface area contributed by atoms with Gasteiger partial charge in [0, 0.05) is 29.0 Å². The molecule has 5 heteroatoms. The first-order chi connectivity index (χ1) is 12.3. The third kappa shape index (κ3) is 3.02. The molecule has 0 fully saturated rings. The maximum Gasteiger partial charge on any atom is 0.336 e. The molecular weight excluding hydrogens is 330 g/mol. The fraction of sp³-hybridized carbons (Fsp3) is 0.429. The summed E-state index contributed by atoms with van der Waals surface area (Å²) in [6.07, 6.45) is 1.21. The number of hydrogen-bond donors (Lipinski definition) is 1. The number of carbonyl (C=O) groups excluding carboxylic acids is 2. The minimum atomic E-state index is -0.488. The average Bonchev–Trinajstić information content (AvgIpc) is 2.58. The molecule has 3 rings (SSSR count). The van der Waals surface area contributed by atoms with E-state index in [1.807, 2.05) is 31.2 Å². The Morgan fingerprint density at radius 3 is 2.54 bits per heavy atom. The fourth-order valence-corrected chi connectivity index (χ4v) is 4.03. The van der Waals surface area contributed by atoms with Crippen molar-refractivity contribution in [1.29, 1.82) is 0 Å². The predicted octanol–water partition coefficient (Wildman–Crippen LogP) is 3.47. The Hall–Kier alpha value is -2.56. The van der Waals surface area contributed by atoms with Gasteiger partial charge < -0.3 is 14.8 Å². The van der Waals surface area contributed by atoms with E-state index >= 15 is 0 Å². The number of nitrogens with one attached hydrogen (secondary N) is 1. The zero-order valence-corrected chi connectivity index (χ0v) is 15.9. The number of hydrogen-bond acceptors (Lipinski definition) is 5. The standard InChI is InChI=1S/C21H25NO4/c1-12-17(20(24)26-5)18(13-8-6-7-9-16(13)25-4)19-14(22-12)10-21(2,3)11-15(19)23/h6-9,18,22H,10-11H2,1-5H3. The molecule has 0 aromatic heterocycles.